The normalized spacial score (nSPS) is 12.2. The van der Waals surface area contributed by atoms with Gasteiger partial charge in [-0.2, -0.15) is 0 Å². The maximum atomic E-state index is 8.93. The molecule has 4 heteroatoms. The second-order valence-corrected chi connectivity index (χ2v) is 4.13. The number of nitrogens with one attached hydrogen (secondary N) is 2. The Morgan fingerprint density at radius 1 is 1.35 bits per heavy atom. The summed E-state index contributed by atoms with van der Waals surface area (Å²) < 4.78 is 0. The molecule has 0 radical (unpaired) electrons. The van der Waals surface area contributed by atoms with Crippen LogP contribution in [0.1, 0.15) is 26.7 Å². The fourth-order valence-electron chi connectivity index (χ4n) is 1.71. The van der Waals surface area contributed by atoms with Gasteiger partial charge in [0, 0.05) is 37.6 Å². The Morgan fingerprint density at radius 2 is 2.18 bits per heavy atom. The van der Waals surface area contributed by atoms with Crippen LogP contribution in [0.3, 0.4) is 0 Å². The number of anilines is 2. The molecule has 0 aromatic carbocycles. The van der Waals surface area contributed by atoms with Crippen LogP contribution in [-0.2, 0) is 0 Å². The van der Waals surface area contributed by atoms with E-state index in [4.69, 9.17) is 5.11 Å². The van der Waals surface area contributed by atoms with Gasteiger partial charge in [0.05, 0.1) is 0 Å². The second-order valence-electron chi connectivity index (χ2n) is 4.13. The number of aromatic nitrogens is 1. The highest BCUT2D eigenvalue weighted by molar-refractivity contribution is 5.51. The molecule has 0 saturated heterocycles. The molecule has 0 fully saturated rings. The van der Waals surface area contributed by atoms with Crippen LogP contribution < -0.4 is 10.6 Å². The molecule has 0 bridgehead atoms. The molecule has 0 saturated carbocycles. The van der Waals surface area contributed by atoms with Crippen molar-refractivity contribution in [2.24, 2.45) is 5.92 Å². The highest BCUT2D eigenvalue weighted by Crippen LogP contribution is 2.14. The van der Waals surface area contributed by atoms with Gasteiger partial charge in [0.2, 0.25) is 0 Å². The van der Waals surface area contributed by atoms with E-state index in [2.05, 4.69) is 29.5 Å². The van der Waals surface area contributed by atoms with Crippen LogP contribution in [0.15, 0.2) is 18.3 Å². The van der Waals surface area contributed by atoms with E-state index in [1.807, 2.05) is 12.1 Å². The van der Waals surface area contributed by atoms with Gasteiger partial charge in [-0.15, -0.1) is 0 Å². The van der Waals surface area contributed by atoms with E-state index in [9.17, 15) is 0 Å². The van der Waals surface area contributed by atoms with E-state index < -0.39 is 0 Å². The standard InChI is InChI=1S/C13H23N3O/c1-3-11(6-8-17)10-16-12-5-7-15-13(9-12)14-4-2/h5,7,9,11,17H,3-4,6,8,10H2,1-2H3,(H2,14,15,16). The van der Waals surface area contributed by atoms with Crippen LogP contribution >= 0.6 is 0 Å². The number of pyridine rings is 1. The van der Waals surface area contributed by atoms with E-state index in [0.717, 1.165) is 37.4 Å². The van der Waals surface area contributed by atoms with Gasteiger partial charge in [-0.3, -0.25) is 0 Å². The molecule has 1 rings (SSSR count). The Balaban J connectivity index is 2.47. The largest absolute Gasteiger partial charge is 0.396 e. The van der Waals surface area contributed by atoms with Gasteiger partial charge < -0.3 is 15.7 Å². The number of rotatable bonds is 8. The van der Waals surface area contributed by atoms with Crippen molar-refractivity contribution in [2.45, 2.75) is 26.7 Å². The Morgan fingerprint density at radius 3 is 2.82 bits per heavy atom. The molecular formula is C13H23N3O. The summed E-state index contributed by atoms with van der Waals surface area (Å²) in [4.78, 5) is 4.22. The summed E-state index contributed by atoms with van der Waals surface area (Å²) in [7, 11) is 0. The van der Waals surface area contributed by atoms with Gasteiger partial charge in [0.25, 0.3) is 0 Å². The second kappa shape index (κ2) is 7.90. The number of aliphatic hydroxyl groups excluding tert-OH is 1. The van der Waals surface area contributed by atoms with Crippen LogP contribution in [-0.4, -0.2) is 29.8 Å². The predicted octanol–water partition coefficient (Wildman–Crippen LogP) is 2.33. The Kier molecular flexibility index (Phi) is 6.40. The van der Waals surface area contributed by atoms with Crippen LogP contribution in [0.5, 0.6) is 0 Å². The highest BCUT2D eigenvalue weighted by atomic mass is 16.3. The number of aliphatic hydroxyl groups is 1. The molecule has 0 aliphatic rings. The molecule has 96 valence electrons. The molecule has 3 N–H and O–H groups in total. The zero-order chi connectivity index (χ0) is 12.5. The molecular weight excluding hydrogens is 214 g/mol. The Hall–Kier alpha value is -1.29. The van der Waals surface area contributed by atoms with Gasteiger partial charge >= 0.3 is 0 Å². The topological polar surface area (TPSA) is 57.2 Å². The van der Waals surface area contributed by atoms with E-state index in [1.165, 1.54) is 0 Å². The van der Waals surface area contributed by atoms with E-state index in [0.29, 0.717) is 5.92 Å². The minimum atomic E-state index is 0.263. The average molecular weight is 237 g/mol. The van der Waals surface area contributed by atoms with Gasteiger partial charge in [0.1, 0.15) is 5.82 Å². The number of hydrogen-bond acceptors (Lipinski definition) is 4. The minimum Gasteiger partial charge on any atom is -0.396 e. The highest BCUT2D eigenvalue weighted by Gasteiger charge is 2.05. The quantitative estimate of drug-likeness (QED) is 0.649. The first kappa shape index (κ1) is 13.8. The summed E-state index contributed by atoms with van der Waals surface area (Å²) in [5.74, 6) is 1.42. The molecule has 0 spiro atoms. The van der Waals surface area contributed by atoms with Crippen LogP contribution in [0, 0.1) is 5.92 Å². The van der Waals surface area contributed by atoms with Crippen molar-refractivity contribution in [3.05, 3.63) is 18.3 Å². The third-order valence-corrected chi connectivity index (χ3v) is 2.83. The lowest BCUT2D eigenvalue weighted by molar-refractivity contribution is 0.258. The van der Waals surface area contributed by atoms with Crippen molar-refractivity contribution in [1.82, 2.24) is 4.98 Å². The summed E-state index contributed by atoms with van der Waals surface area (Å²) in [6.45, 7) is 6.24. The fourth-order valence-corrected chi connectivity index (χ4v) is 1.71. The van der Waals surface area contributed by atoms with E-state index in [-0.39, 0.29) is 6.61 Å². The van der Waals surface area contributed by atoms with Crippen LogP contribution in [0.2, 0.25) is 0 Å². The number of hydrogen-bond donors (Lipinski definition) is 3. The molecule has 1 unspecified atom stereocenters. The van der Waals surface area contributed by atoms with Crippen molar-refractivity contribution in [3.8, 4) is 0 Å². The lowest BCUT2D eigenvalue weighted by atomic mass is 10.0. The minimum absolute atomic E-state index is 0.263. The molecule has 0 aliphatic carbocycles. The summed E-state index contributed by atoms with van der Waals surface area (Å²) in [5.41, 5.74) is 1.08. The SMILES string of the molecule is CCNc1cc(NCC(CC)CCO)ccn1. The van der Waals surface area contributed by atoms with Crippen molar-refractivity contribution in [3.63, 3.8) is 0 Å². The first-order chi connectivity index (χ1) is 8.30. The third-order valence-electron chi connectivity index (χ3n) is 2.83. The van der Waals surface area contributed by atoms with Crippen molar-refractivity contribution >= 4 is 11.5 Å². The fraction of sp³-hybridized carbons (Fsp3) is 0.615. The van der Waals surface area contributed by atoms with Gasteiger partial charge in [-0.25, -0.2) is 4.98 Å². The summed E-state index contributed by atoms with van der Waals surface area (Å²) in [5, 5.41) is 15.5. The zero-order valence-electron chi connectivity index (χ0n) is 10.7. The zero-order valence-corrected chi connectivity index (χ0v) is 10.7. The molecule has 0 aliphatic heterocycles. The Labute approximate surface area is 103 Å². The maximum Gasteiger partial charge on any atom is 0.127 e. The summed E-state index contributed by atoms with van der Waals surface area (Å²) >= 11 is 0. The van der Waals surface area contributed by atoms with Crippen molar-refractivity contribution in [1.29, 1.82) is 0 Å². The average Bonchev–Trinajstić information content (AvgIpc) is 2.35. The van der Waals surface area contributed by atoms with Gasteiger partial charge in [0.15, 0.2) is 0 Å². The first-order valence-corrected chi connectivity index (χ1v) is 6.34. The first-order valence-electron chi connectivity index (χ1n) is 6.34. The molecule has 0 amide bonds. The predicted molar refractivity (Wildman–Crippen MR) is 72.4 cm³/mol. The van der Waals surface area contributed by atoms with Crippen molar-refractivity contribution in [2.75, 3.05) is 30.3 Å². The molecule has 1 aromatic heterocycles. The summed E-state index contributed by atoms with van der Waals surface area (Å²) in [6.07, 6.45) is 3.74. The lowest BCUT2D eigenvalue weighted by Crippen LogP contribution is -2.15. The maximum absolute atomic E-state index is 8.93. The number of nitrogens with zero attached hydrogens (tertiary/aromatic N) is 1. The molecule has 1 atom stereocenters. The van der Waals surface area contributed by atoms with Crippen LogP contribution in [0.25, 0.3) is 0 Å². The van der Waals surface area contributed by atoms with Crippen LogP contribution in [0.4, 0.5) is 11.5 Å². The third kappa shape index (κ3) is 5.04. The van der Waals surface area contributed by atoms with E-state index >= 15 is 0 Å². The molecule has 4 nitrogen and oxygen atoms in total. The summed E-state index contributed by atoms with van der Waals surface area (Å²) in [6, 6.07) is 3.97. The Bertz CT molecular complexity index is 317. The molecule has 17 heavy (non-hydrogen) atoms. The molecule has 1 aromatic rings. The van der Waals surface area contributed by atoms with E-state index in [1.54, 1.807) is 6.20 Å². The van der Waals surface area contributed by atoms with Gasteiger partial charge in [-0.05, 0) is 25.3 Å². The van der Waals surface area contributed by atoms with Crippen molar-refractivity contribution < 1.29 is 5.11 Å². The monoisotopic (exact) mass is 237 g/mol. The van der Waals surface area contributed by atoms with Gasteiger partial charge in [-0.1, -0.05) is 13.3 Å². The smallest absolute Gasteiger partial charge is 0.127 e. The lowest BCUT2D eigenvalue weighted by Gasteiger charge is -2.15. The molecule has 1 heterocycles.